The van der Waals surface area contributed by atoms with Gasteiger partial charge in [-0.2, -0.15) is 0 Å². The number of hydrogen-bond acceptors (Lipinski definition) is 6. The van der Waals surface area contributed by atoms with Gasteiger partial charge in [-0.25, -0.2) is 4.39 Å². The van der Waals surface area contributed by atoms with Gasteiger partial charge in [-0.15, -0.1) is 0 Å². The van der Waals surface area contributed by atoms with Crippen LogP contribution < -0.4 is 0 Å². The fourth-order valence-electron chi connectivity index (χ4n) is 2.44. The van der Waals surface area contributed by atoms with E-state index in [1.54, 1.807) is 31.2 Å². The second-order valence-corrected chi connectivity index (χ2v) is 7.18. The smallest absolute Gasteiger partial charge is 0.326 e. The molecule has 8 heteroatoms. The summed E-state index contributed by atoms with van der Waals surface area (Å²) in [6.45, 7) is 3.18. The van der Waals surface area contributed by atoms with Gasteiger partial charge in [-0.05, 0) is 61.5 Å². The molecule has 0 aliphatic carbocycles. The van der Waals surface area contributed by atoms with E-state index in [4.69, 9.17) is 9.15 Å². The molecule has 0 bridgehead atoms. The number of imide groups is 1. The molecule has 0 N–H and O–H groups in total. The van der Waals surface area contributed by atoms with E-state index in [0.29, 0.717) is 23.5 Å². The van der Waals surface area contributed by atoms with Crippen molar-refractivity contribution in [1.82, 2.24) is 4.90 Å². The van der Waals surface area contributed by atoms with E-state index < -0.39 is 23.7 Å². The lowest BCUT2D eigenvalue weighted by atomic mass is 10.2. The van der Waals surface area contributed by atoms with E-state index in [0.717, 1.165) is 16.7 Å². The standard InChI is InChI=1S/C20H18FNO5S/c1-3-12(2)26-18(23)11-22-19(24)17(28-20(22)25)10-15-8-9-16(27-15)13-4-6-14(21)7-5-13/h4-10,12H,3,11H2,1-2H3/b17-10-/t12-/m0/s1. The SMILES string of the molecule is CC[C@H](C)OC(=O)CN1C(=O)S/C(=C\c2ccc(-c3ccc(F)cc3)o2)C1=O. The predicted molar refractivity (Wildman–Crippen MR) is 103 cm³/mol. The summed E-state index contributed by atoms with van der Waals surface area (Å²) >= 11 is 0.731. The molecule has 146 valence electrons. The summed E-state index contributed by atoms with van der Waals surface area (Å²) in [5.41, 5.74) is 0.682. The molecule has 0 saturated carbocycles. The Labute approximate surface area is 165 Å². The summed E-state index contributed by atoms with van der Waals surface area (Å²) < 4.78 is 23.8. The van der Waals surface area contributed by atoms with Crippen LogP contribution in [0.25, 0.3) is 17.4 Å². The number of nitrogens with zero attached hydrogens (tertiary/aromatic N) is 1. The van der Waals surface area contributed by atoms with E-state index in [9.17, 15) is 18.8 Å². The predicted octanol–water partition coefficient (Wildman–Crippen LogP) is 4.46. The minimum Gasteiger partial charge on any atom is -0.461 e. The summed E-state index contributed by atoms with van der Waals surface area (Å²) in [5.74, 6) is -0.684. The molecular weight excluding hydrogens is 385 g/mol. The van der Waals surface area contributed by atoms with Crippen LogP contribution in [-0.2, 0) is 14.3 Å². The molecule has 1 fully saturated rings. The zero-order valence-electron chi connectivity index (χ0n) is 15.3. The van der Waals surface area contributed by atoms with Gasteiger partial charge >= 0.3 is 5.97 Å². The van der Waals surface area contributed by atoms with E-state index in [-0.39, 0.29) is 16.8 Å². The average Bonchev–Trinajstić information content (AvgIpc) is 3.23. The van der Waals surface area contributed by atoms with Crippen LogP contribution in [0, 0.1) is 5.82 Å². The number of esters is 1. The van der Waals surface area contributed by atoms with Crippen molar-refractivity contribution in [3.63, 3.8) is 0 Å². The molecule has 1 aromatic heterocycles. The molecule has 6 nitrogen and oxygen atoms in total. The van der Waals surface area contributed by atoms with Crippen molar-refractivity contribution in [2.45, 2.75) is 26.4 Å². The number of furan rings is 1. The Morgan fingerprint density at radius 3 is 2.64 bits per heavy atom. The van der Waals surface area contributed by atoms with Gasteiger partial charge in [0.1, 0.15) is 23.9 Å². The van der Waals surface area contributed by atoms with Crippen LogP contribution in [-0.4, -0.2) is 34.7 Å². The van der Waals surface area contributed by atoms with E-state index in [1.807, 2.05) is 6.92 Å². The first-order valence-corrected chi connectivity index (χ1v) is 9.49. The number of hydrogen-bond donors (Lipinski definition) is 0. The van der Waals surface area contributed by atoms with Crippen LogP contribution in [0.5, 0.6) is 0 Å². The Hall–Kier alpha value is -2.87. The zero-order chi connectivity index (χ0) is 20.3. The van der Waals surface area contributed by atoms with Crippen LogP contribution in [0.2, 0.25) is 0 Å². The molecule has 1 aliphatic heterocycles. The van der Waals surface area contributed by atoms with Gasteiger partial charge in [-0.3, -0.25) is 19.3 Å². The minimum absolute atomic E-state index is 0.154. The molecule has 1 aliphatic rings. The molecule has 1 saturated heterocycles. The average molecular weight is 403 g/mol. The number of benzene rings is 1. The van der Waals surface area contributed by atoms with Gasteiger partial charge in [0.25, 0.3) is 11.1 Å². The van der Waals surface area contributed by atoms with Crippen molar-refractivity contribution < 1.29 is 27.9 Å². The second kappa shape index (κ2) is 8.43. The molecule has 2 aromatic rings. The van der Waals surface area contributed by atoms with Gasteiger partial charge in [0, 0.05) is 11.6 Å². The summed E-state index contributed by atoms with van der Waals surface area (Å²) in [6.07, 6.45) is 1.80. The Kier molecular flexibility index (Phi) is 5.99. The third-order valence-electron chi connectivity index (χ3n) is 4.10. The summed E-state index contributed by atoms with van der Waals surface area (Å²) in [5, 5.41) is -0.539. The Balaban J connectivity index is 1.71. The molecule has 1 atom stereocenters. The molecule has 3 rings (SSSR count). The largest absolute Gasteiger partial charge is 0.461 e. The highest BCUT2D eigenvalue weighted by molar-refractivity contribution is 8.18. The van der Waals surface area contributed by atoms with Crippen LogP contribution >= 0.6 is 11.8 Å². The van der Waals surface area contributed by atoms with Crippen molar-refractivity contribution in [3.8, 4) is 11.3 Å². The van der Waals surface area contributed by atoms with Crippen molar-refractivity contribution in [3.05, 3.63) is 52.9 Å². The highest BCUT2D eigenvalue weighted by Crippen LogP contribution is 2.33. The lowest BCUT2D eigenvalue weighted by molar-refractivity contribution is -0.150. The molecule has 0 radical (unpaired) electrons. The summed E-state index contributed by atoms with van der Waals surface area (Å²) in [7, 11) is 0. The second-order valence-electron chi connectivity index (χ2n) is 6.19. The fourth-order valence-corrected chi connectivity index (χ4v) is 3.26. The molecular formula is C20H18FNO5S. The summed E-state index contributed by atoms with van der Waals surface area (Å²) in [4.78, 5) is 37.4. The number of thioether (sulfide) groups is 1. The number of carbonyl (C=O) groups excluding carboxylic acids is 3. The van der Waals surface area contributed by atoms with Crippen LogP contribution in [0.1, 0.15) is 26.0 Å². The van der Waals surface area contributed by atoms with E-state index in [2.05, 4.69) is 0 Å². The molecule has 0 spiro atoms. The van der Waals surface area contributed by atoms with Crippen LogP contribution in [0.15, 0.2) is 45.7 Å². The van der Waals surface area contributed by atoms with Gasteiger partial charge in [0.2, 0.25) is 0 Å². The van der Waals surface area contributed by atoms with Gasteiger partial charge in [0.05, 0.1) is 11.0 Å². The van der Waals surface area contributed by atoms with Gasteiger partial charge in [-0.1, -0.05) is 6.92 Å². The highest BCUT2D eigenvalue weighted by atomic mass is 32.2. The lowest BCUT2D eigenvalue weighted by Gasteiger charge is -2.14. The Morgan fingerprint density at radius 1 is 1.25 bits per heavy atom. The third kappa shape index (κ3) is 4.51. The normalized spacial score (nSPS) is 16.7. The lowest BCUT2D eigenvalue weighted by Crippen LogP contribution is -2.35. The number of rotatable bonds is 6. The van der Waals surface area contributed by atoms with E-state index >= 15 is 0 Å². The monoisotopic (exact) mass is 403 g/mol. The highest BCUT2D eigenvalue weighted by Gasteiger charge is 2.37. The van der Waals surface area contributed by atoms with Gasteiger partial charge < -0.3 is 9.15 Å². The fraction of sp³-hybridized carbons (Fsp3) is 0.250. The Morgan fingerprint density at radius 2 is 1.96 bits per heavy atom. The van der Waals surface area contributed by atoms with Crippen molar-refractivity contribution in [2.75, 3.05) is 6.54 Å². The quantitative estimate of drug-likeness (QED) is 0.523. The molecule has 28 heavy (non-hydrogen) atoms. The number of halogens is 1. The summed E-state index contributed by atoms with van der Waals surface area (Å²) in [6, 6.07) is 9.13. The van der Waals surface area contributed by atoms with Crippen molar-refractivity contribution >= 4 is 35.0 Å². The first kappa shape index (κ1) is 19.9. The zero-order valence-corrected chi connectivity index (χ0v) is 16.1. The van der Waals surface area contributed by atoms with Crippen LogP contribution in [0.3, 0.4) is 0 Å². The molecule has 2 heterocycles. The first-order valence-electron chi connectivity index (χ1n) is 8.68. The first-order chi connectivity index (χ1) is 13.4. The number of ether oxygens (including phenoxy) is 1. The molecule has 1 aromatic carbocycles. The maximum Gasteiger partial charge on any atom is 0.326 e. The molecule has 2 amide bonds. The van der Waals surface area contributed by atoms with Gasteiger partial charge in [0.15, 0.2) is 0 Å². The third-order valence-corrected chi connectivity index (χ3v) is 5.00. The minimum atomic E-state index is -0.630. The number of amides is 2. The topological polar surface area (TPSA) is 76.8 Å². The number of carbonyl (C=O) groups is 3. The Bertz CT molecular complexity index is 934. The van der Waals surface area contributed by atoms with Crippen molar-refractivity contribution in [1.29, 1.82) is 0 Å². The van der Waals surface area contributed by atoms with Crippen molar-refractivity contribution in [2.24, 2.45) is 0 Å². The van der Waals surface area contributed by atoms with Crippen LogP contribution in [0.4, 0.5) is 9.18 Å². The maximum atomic E-state index is 13.0. The maximum absolute atomic E-state index is 13.0. The van der Waals surface area contributed by atoms with E-state index in [1.165, 1.54) is 18.2 Å². The molecule has 0 unspecified atom stereocenters.